The summed E-state index contributed by atoms with van der Waals surface area (Å²) in [5.74, 6) is 0.789. The van der Waals surface area contributed by atoms with Crippen LogP contribution in [0.15, 0.2) is 11.6 Å². The molecule has 0 saturated carbocycles. The fraction of sp³-hybridized carbons (Fsp3) is 0.778. The second-order valence-electron chi connectivity index (χ2n) is 4.07. The zero-order valence-electron chi connectivity index (χ0n) is 6.86. The third kappa shape index (κ3) is 1.57. The predicted molar refractivity (Wildman–Crippen MR) is 41.3 cm³/mol. The van der Waals surface area contributed by atoms with Crippen molar-refractivity contribution in [2.75, 3.05) is 0 Å². The molecule has 0 N–H and O–H groups in total. The maximum absolute atomic E-state index is 2.33. The molecule has 1 atom stereocenters. The second-order valence-corrected chi connectivity index (χ2v) is 4.07. The molecule has 1 rings (SSSR count). The summed E-state index contributed by atoms with van der Waals surface area (Å²) < 4.78 is 0. The third-order valence-corrected chi connectivity index (χ3v) is 2.30. The molecule has 0 aromatic heterocycles. The molecule has 0 radical (unpaired) electrons. The van der Waals surface area contributed by atoms with Crippen LogP contribution in [-0.2, 0) is 0 Å². The minimum atomic E-state index is 0.475. The molecule has 0 fully saturated rings. The van der Waals surface area contributed by atoms with E-state index in [2.05, 4.69) is 33.8 Å². The average Bonchev–Trinajstić information content (AvgIpc) is 2.40. The van der Waals surface area contributed by atoms with E-state index in [0.717, 1.165) is 5.92 Å². The van der Waals surface area contributed by atoms with E-state index < -0.39 is 0 Å². The lowest BCUT2D eigenvalue weighted by molar-refractivity contribution is 0.305. The van der Waals surface area contributed by atoms with Crippen molar-refractivity contribution in [2.24, 2.45) is 11.3 Å². The summed E-state index contributed by atoms with van der Waals surface area (Å²) in [6.07, 6.45) is 3.61. The number of allylic oxidation sites excluding steroid dienone is 2. The van der Waals surface area contributed by atoms with Crippen LogP contribution < -0.4 is 0 Å². The van der Waals surface area contributed by atoms with Crippen molar-refractivity contribution in [2.45, 2.75) is 34.1 Å². The molecule has 1 aliphatic carbocycles. The Morgan fingerprint density at radius 2 is 1.89 bits per heavy atom. The Labute approximate surface area is 58.0 Å². The van der Waals surface area contributed by atoms with Gasteiger partial charge in [-0.1, -0.05) is 39.3 Å². The van der Waals surface area contributed by atoms with Crippen LogP contribution in [0.25, 0.3) is 0 Å². The van der Waals surface area contributed by atoms with Crippen LogP contribution in [0.4, 0.5) is 0 Å². The highest BCUT2D eigenvalue weighted by molar-refractivity contribution is 5.25. The highest BCUT2D eigenvalue weighted by Crippen LogP contribution is 2.39. The first kappa shape index (κ1) is 6.85. The van der Waals surface area contributed by atoms with Gasteiger partial charge in [0.1, 0.15) is 0 Å². The highest BCUT2D eigenvalue weighted by Gasteiger charge is 2.26. The Bertz CT molecular complexity index is 135. The zero-order valence-corrected chi connectivity index (χ0v) is 6.86. The molecule has 0 aromatic carbocycles. The Kier molecular flexibility index (Phi) is 1.42. The lowest BCUT2D eigenvalue weighted by Gasteiger charge is -2.25. The molecule has 9 heavy (non-hydrogen) atoms. The minimum Gasteiger partial charge on any atom is -0.0807 e. The van der Waals surface area contributed by atoms with Gasteiger partial charge in [-0.25, -0.2) is 0 Å². The summed E-state index contributed by atoms with van der Waals surface area (Å²) in [7, 11) is 0. The van der Waals surface area contributed by atoms with Crippen molar-refractivity contribution < 1.29 is 0 Å². The Morgan fingerprint density at radius 1 is 1.44 bits per heavy atom. The van der Waals surface area contributed by atoms with Gasteiger partial charge in [0.15, 0.2) is 0 Å². The van der Waals surface area contributed by atoms with Crippen molar-refractivity contribution in [1.29, 1.82) is 0 Å². The molecule has 0 heteroatoms. The van der Waals surface area contributed by atoms with Gasteiger partial charge in [0.2, 0.25) is 0 Å². The molecule has 0 amide bonds. The number of rotatable bonds is 1. The highest BCUT2D eigenvalue weighted by atomic mass is 14.3. The first-order valence-electron chi connectivity index (χ1n) is 3.71. The summed E-state index contributed by atoms with van der Waals surface area (Å²) in [5.41, 5.74) is 2.13. The van der Waals surface area contributed by atoms with E-state index in [4.69, 9.17) is 0 Å². The topological polar surface area (TPSA) is 0 Å². The third-order valence-electron chi connectivity index (χ3n) is 2.30. The first-order valence-corrected chi connectivity index (χ1v) is 3.71. The predicted octanol–water partition coefficient (Wildman–Crippen LogP) is 3.00. The van der Waals surface area contributed by atoms with Crippen LogP contribution >= 0.6 is 0 Å². The van der Waals surface area contributed by atoms with Crippen molar-refractivity contribution in [3.8, 4) is 0 Å². The average molecular weight is 124 g/mol. The Balaban J connectivity index is 2.50. The van der Waals surface area contributed by atoms with Gasteiger partial charge in [0, 0.05) is 0 Å². The van der Waals surface area contributed by atoms with Crippen LogP contribution in [0.1, 0.15) is 34.1 Å². The smallest absolute Gasteiger partial charge is 0.0133 e. The SMILES string of the molecule is CC(C1=CC1)C(C)(C)C. The first-order chi connectivity index (χ1) is 4.02. The minimum absolute atomic E-state index is 0.475. The summed E-state index contributed by atoms with van der Waals surface area (Å²) in [4.78, 5) is 0. The van der Waals surface area contributed by atoms with Crippen molar-refractivity contribution >= 4 is 0 Å². The normalized spacial score (nSPS) is 21.1. The Hall–Kier alpha value is -0.260. The van der Waals surface area contributed by atoms with E-state index in [9.17, 15) is 0 Å². The molecule has 1 aliphatic rings. The van der Waals surface area contributed by atoms with Crippen LogP contribution in [0.2, 0.25) is 0 Å². The van der Waals surface area contributed by atoms with Gasteiger partial charge in [-0.15, -0.1) is 0 Å². The summed E-state index contributed by atoms with van der Waals surface area (Å²) in [5, 5.41) is 0. The number of hydrogen-bond donors (Lipinski definition) is 0. The van der Waals surface area contributed by atoms with Gasteiger partial charge in [0.05, 0.1) is 0 Å². The van der Waals surface area contributed by atoms with Crippen LogP contribution in [-0.4, -0.2) is 0 Å². The molecule has 0 saturated heterocycles. The molecule has 1 unspecified atom stereocenters. The largest absolute Gasteiger partial charge is 0.0807 e. The van der Waals surface area contributed by atoms with E-state index in [1.165, 1.54) is 6.42 Å². The molecule has 0 bridgehead atoms. The molecular weight excluding hydrogens is 108 g/mol. The van der Waals surface area contributed by atoms with Gasteiger partial charge in [-0.2, -0.15) is 0 Å². The van der Waals surface area contributed by atoms with Crippen molar-refractivity contribution in [3.63, 3.8) is 0 Å². The standard InChI is InChI=1S/C9H16/c1-7(8-5-6-8)9(2,3)4/h5,7H,6H2,1-4H3. The molecule has 0 nitrogen and oxygen atoms in total. The fourth-order valence-corrected chi connectivity index (χ4v) is 0.969. The van der Waals surface area contributed by atoms with Crippen LogP contribution in [0.3, 0.4) is 0 Å². The quantitative estimate of drug-likeness (QED) is 0.471. The van der Waals surface area contributed by atoms with Gasteiger partial charge in [0.25, 0.3) is 0 Å². The maximum atomic E-state index is 2.33. The maximum Gasteiger partial charge on any atom is -0.0133 e. The van der Waals surface area contributed by atoms with E-state index >= 15 is 0 Å². The summed E-state index contributed by atoms with van der Waals surface area (Å²) in [6.45, 7) is 9.23. The summed E-state index contributed by atoms with van der Waals surface area (Å²) >= 11 is 0. The number of hydrogen-bond acceptors (Lipinski definition) is 0. The molecule has 0 aliphatic heterocycles. The van der Waals surface area contributed by atoms with Gasteiger partial charge in [-0.3, -0.25) is 0 Å². The molecule has 52 valence electrons. The van der Waals surface area contributed by atoms with Crippen LogP contribution in [0, 0.1) is 11.3 Å². The van der Waals surface area contributed by atoms with E-state index in [1.54, 1.807) is 5.57 Å². The molecule has 0 aromatic rings. The van der Waals surface area contributed by atoms with Crippen LogP contribution in [0.5, 0.6) is 0 Å². The summed E-state index contributed by atoms with van der Waals surface area (Å²) in [6, 6.07) is 0. The Morgan fingerprint density at radius 3 is 2.00 bits per heavy atom. The van der Waals surface area contributed by atoms with Gasteiger partial charge >= 0.3 is 0 Å². The molecule has 0 spiro atoms. The monoisotopic (exact) mass is 124 g/mol. The van der Waals surface area contributed by atoms with Gasteiger partial charge < -0.3 is 0 Å². The fourth-order valence-electron chi connectivity index (χ4n) is 0.969. The van der Waals surface area contributed by atoms with Crippen molar-refractivity contribution in [3.05, 3.63) is 11.6 Å². The molecule has 0 heterocycles. The van der Waals surface area contributed by atoms with E-state index in [0.29, 0.717) is 5.41 Å². The molecular formula is C9H16. The van der Waals surface area contributed by atoms with Gasteiger partial charge in [-0.05, 0) is 17.8 Å². The lowest BCUT2D eigenvalue weighted by Crippen LogP contribution is -2.15. The second kappa shape index (κ2) is 1.86. The van der Waals surface area contributed by atoms with E-state index in [1.807, 2.05) is 0 Å². The van der Waals surface area contributed by atoms with Crippen molar-refractivity contribution in [1.82, 2.24) is 0 Å². The zero-order chi connectivity index (χ0) is 7.07. The van der Waals surface area contributed by atoms with E-state index in [-0.39, 0.29) is 0 Å². The lowest BCUT2D eigenvalue weighted by atomic mass is 9.80.